The SMILES string of the molecule is CCn1cc(CN2CC[C@@H](c3ncc(C)[nH]3)C2)c(C)n1. The second-order valence-corrected chi connectivity index (χ2v) is 5.77. The molecule has 0 amide bonds. The van der Waals surface area contributed by atoms with E-state index in [9.17, 15) is 0 Å². The third-order valence-corrected chi connectivity index (χ3v) is 4.15. The van der Waals surface area contributed by atoms with Crippen molar-refractivity contribution in [2.75, 3.05) is 13.1 Å². The van der Waals surface area contributed by atoms with Crippen LogP contribution in [0, 0.1) is 13.8 Å². The maximum absolute atomic E-state index is 4.52. The molecule has 0 unspecified atom stereocenters. The Kier molecular flexibility index (Phi) is 3.61. The van der Waals surface area contributed by atoms with E-state index in [1.165, 1.54) is 12.0 Å². The van der Waals surface area contributed by atoms with Crippen LogP contribution in [-0.2, 0) is 13.1 Å². The van der Waals surface area contributed by atoms with Crippen LogP contribution >= 0.6 is 0 Å². The van der Waals surface area contributed by atoms with Crippen LogP contribution < -0.4 is 0 Å². The minimum Gasteiger partial charge on any atom is -0.346 e. The van der Waals surface area contributed by atoms with Crippen molar-refractivity contribution in [2.45, 2.75) is 46.2 Å². The van der Waals surface area contributed by atoms with Crippen LogP contribution in [0.4, 0.5) is 0 Å². The van der Waals surface area contributed by atoms with E-state index in [1.807, 2.05) is 10.9 Å². The highest BCUT2D eigenvalue weighted by atomic mass is 15.3. The van der Waals surface area contributed by atoms with Crippen LogP contribution in [0.2, 0.25) is 0 Å². The van der Waals surface area contributed by atoms with Gasteiger partial charge in [-0.25, -0.2) is 4.98 Å². The normalized spacial score (nSPS) is 19.9. The van der Waals surface area contributed by atoms with E-state index in [2.05, 4.69) is 46.9 Å². The van der Waals surface area contributed by atoms with Crippen molar-refractivity contribution in [3.8, 4) is 0 Å². The predicted molar refractivity (Wildman–Crippen MR) is 78.6 cm³/mol. The summed E-state index contributed by atoms with van der Waals surface area (Å²) < 4.78 is 2.02. The van der Waals surface area contributed by atoms with Crippen molar-refractivity contribution < 1.29 is 0 Å². The minimum absolute atomic E-state index is 0.547. The summed E-state index contributed by atoms with van der Waals surface area (Å²) in [6.45, 7) is 10.5. The number of aryl methyl sites for hydroxylation is 3. The molecule has 5 heteroatoms. The third kappa shape index (κ3) is 2.63. The first kappa shape index (κ1) is 13.4. The summed E-state index contributed by atoms with van der Waals surface area (Å²) in [5.74, 6) is 1.69. The predicted octanol–water partition coefficient (Wildman–Crippen LogP) is 2.23. The highest BCUT2D eigenvalue weighted by molar-refractivity contribution is 5.16. The first-order chi connectivity index (χ1) is 9.65. The van der Waals surface area contributed by atoms with Gasteiger partial charge in [0.15, 0.2) is 0 Å². The van der Waals surface area contributed by atoms with Gasteiger partial charge in [-0.3, -0.25) is 9.58 Å². The van der Waals surface area contributed by atoms with E-state index in [1.54, 1.807) is 0 Å². The van der Waals surface area contributed by atoms with Crippen LogP contribution in [-0.4, -0.2) is 37.7 Å². The lowest BCUT2D eigenvalue weighted by Crippen LogP contribution is -2.20. The second kappa shape index (κ2) is 5.40. The lowest BCUT2D eigenvalue weighted by atomic mass is 10.1. The van der Waals surface area contributed by atoms with Crippen LogP contribution in [0.15, 0.2) is 12.4 Å². The van der Waals surface area contributed by atoms with Gasteiger partial charge in [0.25, 0.3) is 0 Å². The Morgan fingerprint density at radius 1 is 1.40 bits per heavy atom. The molecule has 1 fully saturated rings. The van der Waals surface area contributed by atoms with Crippen LogP contribution in [0.1, 0.15) is 42.0 Å². The van der Waals surface area contributed by atoms with Gasteiger partial charge in [0.1, 0.15) is 5.82 Å². The Balaban J connectivity index is 1.64. The zero-order valence-corrected chi connectivity index (χ0v) is 12.6. The molecule has 20 heavy (non-hydrogen) atoms. The molecule has 5 nitrogen and oxygen atoms in total. The summed E-state index contributed by atoms with van der Waals surface area (Å²) in [5.41, 5.74) is 3.66. The van der Waals surface area contributed by atoms with Gasteiger partial charge in [0.05, 0.1) is 5.69 Å². The topological polar surface area (TPSA) is 49.7 Å². The summed E-state index contributed by atoms with van der Waals surface area (Å²) in [6, 6.07) is 0. The molecule has 2 aromatic rings. The Bertz CT molecular complexity index is 583. The van der Waals surface area contributed by atoms with E-state index in [4.69, 9.17) is 0 Å². The number of rotatable bonds is 4. The van der Waals surface area contributed by atoms with Gasteiger partial charge in [-0.05, 0) is 33.7 Å². The van der Waals surface area contributed by atoms with Crippen LogP contribution in [0.3, 0.4) is 0 Å². The number of aromatic amines is 1. The van der Waals surface area contributed by atoms with Gasteiger partial charge in [0.2, 0.25) is 0 Å². The fourth-order valence-electron chi connectivity index (χ4n) is 2.96. The van der Waals surface area contributed by atoms with E-state index in [0.717, 1.165) is 43.4 Å². The summed E-state index contributed by atoms with van der Waals surface area (Å²) in [7, 11) is 0. The summed E-state index contributed by atoms with van der Waals surface area (Å²) in [4.78, 5) is 10.4. The van der Waals surface area contributed by atoms with Crippen molar-refractivity contribution >= 4 is 0 Å². The van der Waals surface area contributed by atoms with Crippen molar-refractivity contribution in [3.05, 3.63) is 35.2 Å². The van der Waals surface area contributed by atoms with Crippen molar-refractivity contribution in [1.29, 1.82) is 0 Å². The molecule has 3 rings (SSSR count). The van der Waals surface area contributed by atoms with E-state index >= 15 is 0 Å². The van der Waals surface area contributed by atoms with Gasteiger partial charge in [0, 0.05) is 49.2 Å². The number of nitrogens with one attached hydrogen (secondary N) is 1. The lowest BCUT2D eigenvalue weighted by Gasteiger charge is -2.14. The highest BCUT2D eigenvalue weighted by Gasteiger charge is 2.26. The molecule has 1 N–H and O–H groups in total. The number of imidazole rings is 1. The van der Waals surface area contributed by atoms with Crippen molar-refractivity contribution in [3.63, 3.8) is 0 Å². The molecular formula is C15H23N5. The molecule has 1 saturated heterocycles. The molecule has 0 aromatic carbocycles. The zero-order chi connectivity index (χ0) is 14.1. The first-order valence-corrected chi connectivity index (χ1v) is 7.42. The molecule has 0 aliphatic carbocycles. The highest BCUT2D eigenvalue weighted by Crippen LogP contribution is 2.26. The van der Waals surface area contributed by atoms with Crippen molar-refractivity contribution in [1.82, 2.24) is 24.6 Å². The Hall–Kier alpha value is -1.62. The standard InChI is InChI=1S/C15H23N5/c1-4-20-10-14(12(3)18-20)9-19-6-5-13(8-19)15-16-7-11(2)17-15/h7,10,13H,4-6,8-9H2,1-3H3,(H,16,17)/t13-/m1/s1. The van der Waals surface area contributed by atoms with E-state index < -0.39 is 0 Å². The molecule has 0 radical (unpaired) electrons. The van der Waals surface area contributed by atoms with E-state index in [-0.39, 0.29) is 0 Å². The maximum Gasteiger partial charge on any atom is 0.110 e. The zero-order valence-electron chi connectivity index (χ0n) is 12.6. The number of H-pyrrole nitrogens is 1. The number of nitrogens with zero attached hydrogens (tertiary/aromatic N) is 4. The van der Waals surface area contributed by atoms with Gasteiger partial charge >= 0.3 is 0 Å². The summed E-state index contributed by atoms with van der Waals surface area (Å²) >= 11 is 0. The molecule has 0 spiro atoms. The van der Waals surface area contributed by atoms with Gasteiger partial charge in [-0.1, -0.05) is 0 Å². The van der Waals surface area contributed by atoms with Crippen LogP contribution in [0.5, 0.6) is 0 Å². The molecular weight excluding hydrogens is 250 g/mol. The average molecular weight is 273 g/mol. The quantitative estimate of drug-likeness (QED) is 0.929. The molecule has 1 aliphatic heterocycles. The summed E-state index contributed by atoms with van der Waals surface area (Å²) in [5, 5.41) is 4.52. The molecule has 1 atom stereocenters. The minimum atomic E-state index is 0.547. The van der Waals surface area contributed by atoms with Gasteiger partial charge in [-0.2, -0.15) is 5.10 Å². The fourth-order valence-corrected chi connectivity index (χ4v) is 2.96. The fraction of sp³-hybridized carbons (Fsp3) is 0.600. The van der Waals surface area contributed by atoms with Crippen molar-refractivity contribution in [2.24, 2.45) is 0 Å². The maximum atomic E-state index is 4.52. The molecule has 2 aromatic heterocycles. The van der Waals surface area contributed by atoms with Gasteiger partial charge < -0.3 is 4.98 Å². The number of aromatic nitrogens is 4. The smallest absolute Gasteiger partial charge is 0.110 e. The summed E-state index contributed by atoms with van der Waals surface area (Å²) in [6.07, 6.45) is 5.29. The monoisotopic (exact) mass is 273 g/mol. The lowest BCUT2D eigenvalue weighted by molar-refractivity contribution is 0.325. The Labute approximate surface area is 120 Å². The van der Waals surface area contributed by atoms with Crippen LogP contribution in [0.25, 0.3) is 0 Å². The Morgan fingerprint density at radius 3 is 2.90 bits per heavy atom. The first-order valence-electron chi connectivity index (χ1n) is 7.42. The third-order valence-electron chi connectivity index (χ3n) is 4.15. The number of hydrogen-bond donors (Lipinski definition) is 1. The Morgan fingerprint density at radius 2 is 2.25 bits per heavy atom. The van der Waals surface area contributed by atoms with Gasteiger partial charge in [-0.15, -0.1) is 0 Å². The number of hydrogen-bond acceptors (Lipinski definition) is 3. The molecule has 1 aliphatic rings. The molecule has 0 saturated carbocycles. The average Bonchev–Trinajstić information content (AvgIpc) is 3.12. The molecule has 0 bridgehead atoms. The second-order valence-electron chi connectivity index (χ2n) is 5.77. The van der Waals surface area contributed by atoms with E-state index in [0.29, 0.717) is 5.92 Å². The molecule has 3 heterocycles. The number of likely N-dealkylation sites (tertiary alicyclic amines) is 1. The molecule has 108 valence electrons. The largest absolute Gasteiger partial charge is 0.346 e.